The number of para-hydroxylation sites is 1. The standard InChI is InChI=1S/C18H23N5O/c1-13-11-14-7-4-5-8-15(14)23(13)18(24)19-12-17-21-20-16-9-3-2-6-10-22(16)17/h4-5,7-8,13H,2-3,6,9-12H2,1H3,(H,19,24)/t13-/m0/s1. The van der Waals surface area contributed by atoms with Gasteiger partial charge in [-0.05, 0) is 37.8 Å². The van der Waals surface area contributed by atoms with Gasteiger partial charge >= 0.3 is 6.03 Å². The van der Waals surface area contributed by atoms with Gasteiger partial charge < -0.3 is 9.88 Å². The first-order valence-electron chi connectivity index (χ1n) is 8.80. The van der Waals surface area contributed by atoms with E-state index in [0.29, 0.717) is 6.54 Å². The van der Waals surface area contributed by atoms with Crippen molar-refractivity contribution in [1.82, 2.24) is 20.1 Å². The minimum Gasteiger partial charge on any atom is -0.330 e. The zero-order chi connectivity index (χ0) is 16.5. The number of carbonyl (C=O) groups is 1. The number of nitrogens with zero attached hydrogens (tertiary/aromatic N) is 4. The summed E-state index contributed by atoms with van der Waals surface area (Å²) in [7, 11) is 0. The molecule has 2 aliphatic heterocycles. The second-order valence-electron chi connectivity index (χ2n) is 6.71. The molecule has 0 fully saturated rings. The first-order chi connectivity index (χ1) is 11.7. The third-order valence-corrected chi connectivity index (χ3v) is 5.01. The molecule has 0 bridgehead atoms. The summed E-state index contributed by atoms with van der Waals surface area (Å²) in [6.45, 7) is 3.47. The molecule has 126 valence electrons. The fourth-order valence-electron chi connectivity index (χ4n) is 3.79. The van der Waals surface area contributed by atoms with Crippen LogP contribution in [0.15, 0.2) is 24.3 Å². The summed E-state index contributed by atoms with van der Waals surface area (Å²) in [5.41, 5.74) is 2.25. The van der Waals surface area contributed by atoms with E-state index in [0.717, 1.165) is 43.1 Å². The lowest BCUT2D eigenvalue weighted by Crippen LogP contribution is -2.43. The molecule has 6 nitrogen and oxygen atoms in total. The zero-order valence-electron chi connectivity index (χ0n) is 14.0. The van der Waals surface area contributed by atoms with E-state index >= 15 is 0 Å². The SMILES string of the molecule is C[C@H]1Cc2ccccc2N1C(=O)NCc1nnc2n1CCCCC2. The number of fused-ring (bicyclic) bond motifs is 2. The van der Waals surface area contributed by atoms with Gasteiger partial charge in [0.1, 0.15) is 5.82 Å². The Labute approximate surface area is 141 Å². The Hall–Kier alpha value is -2.37. The quantitative estimate of drug-likeness (QED) is 0.923. The van der Waals surface area contributed by atoms with Gasteiger partial charge in [-0.15, -0.1) is 10.2 Å². The molecule has 1 aromatic heterocycles. The smallest absolute Gasteiger partial charge is 0.322 e. The lowest BCUT2D eigenvalue weighted by atomic mass is 10.1. The molecule has 6 heteroatoms. The molecule has 2 aromatic rings. The number of anilines is 1. The van der Waals surface area contributed by atoms with E-state index in [9.17, 15) is 4.79 Å². The molecule has 1 N–H and O–H groups in total. The lowest BCUT2D eigenvalue weighted by Gasteiger charge is -2.23. The lowest BCUT2D eigenvalue weighted by molar-refractivity contribution is 0.244. The van der Waals surface area contributed by atoms with Crippen LogP contribution >= 0.6 is 0 Å². The number of hydrogen-bond acceptors (Lipinski definition) is 3. The van der Waals surface area contributed by atoms with Gasteiger partial charge in [-0.25, -0.2) is 4.79 Å². The van der Waals surface area contributed by atoms with Crippen molar-refractivity contribution in [3.8, 4) is 0 Å². The molecule has 4 rings (SSSR count). The zero-order valence-corrected chi connectivity index (χ0v) is 14.0. The maximum atomic E-state index is 12.7. The van der Waals surface area contributed by atoms with E-state index in [-0.39, 0.29) is 12.1 Å². The average molecular weight is 325 g/mol. The van der Waals surface area contributed by atoms with Crippen LogP contribution < -0.4 is 10.2 Å². The fraction of sp³-hybridized carbons (Fsp3) is 0.500. The Morgan fingerprint density at radius 2 is 2.12 bits per heavy atom. The second kappa shape index (κ2) is 6.26. The molecule has 0 radical (unpaired) electrons. The predicted octanol–water partition coefficient (Wildman–Crippen LogP) is 2.67. The average Bonchev–Trinajstić information content (AvgIpc) is 3.03. The van der Waals surface area contributed by atoms with Gasteiger partial charge in [0.2, 0.25) is 0 Å². The van der Waals surface area contributed by atoms with Crippen LogP contribution in [0, 0.1) is 0 Å². The molecule has 2 aliphatic rings. The van der Waals surface area contributed by atoms with Crippen LogP contribution in [0.2, 0.25) is 0 Å². The van der Waals surface area contributed by atoms with Gasteiger partial charge in [-0.1, -0.05) is 24.6 Å². The van der Waals surface area contributed by atoms with Crippen LogP contribution in [0.4, 0.5) is 10.5 Å². The number of aryl methyl sites for hydroxylation is 1. The van der Waals surface area contributed by atoms with E-state index in [2.05, 4.69) is 33.1 Å². The van der Waals surface area contributed by atoms with Crippen LogP contribution in [0.3, 0.4) is 0 Å². The maximum Gasteiger partial charge on any atom is 0.322 e. The van der Waals surface area contributed by atoms with Crippen LogP contribution in [-0.2, 0) is 25.9 Å². The van der Waals surface area contributed by atoms with Crippen LogP contribution in [0.5, 0.6) is 0 Å². The number of rotatable bonds is 2. The Morgan fingerprint density at radius 1 is 1.25 bits per heavy atom. The number of carbonyl (C=O) groups excluding carboxylic acids is 1. The first-order valence-corrected chi connectivity index (χ1v) is 8.80. The van der Waals surface area contributed by atoms with E-state index in [4.69, 9.17) is 0 Å². The van der Waals surface area contributed by atoms with E-state index in [1.165, 1.54) is 18.4 Å². The van der Waals surface area contributed by atoms with Crippen molar-refractivity contribution in [2.24, 2.45) is 0 Å². The number of hydrogen-bond donors (Lipinski definition) is 1. The summed E-state index contributed by atoms with van der Waals surface area (Å²) in [6, 6.07) is 8.24. The molecular formula is C18H23N5O. The molecule has 24 heavy (non-hydrogen) atoms. The highest BCUT2D eigenvalue weighted by Crippen LogP contribution is 2.31. The Morgan fingerprint density at radius 3 is 3.04 bits per heavy atom. The van der Waals surface area contributed by atoms with Crippen molar-refractivity contribution < 1.29 is 4.79 Å². The molecule has 1 aromatic carbocycles. The molecule has 0 spiro atoms. The van der Waals surface area contributed by atoms with Gasteiger partial charge in [0.25, 0.3) is 0 Å². The number of urea groups is 1. The van der Waals surface area contributed by atoms with Gasteiger partial charge in [-0.2, -0.15) is 0 Å². The highest BCUT2D eigenvalue weighted by atomic mass is 16.2. The Balaban J connectivity index is 1.47. The van der Waals surface area contributed by atoms with Crippen molar-refractivity contribution in [2.45, 2.75) is 58.2 Å². The topological polar surface area (TPSA) is 63.1 Å². The number of benzene rings is 1. The van der Waals surface area contributed by atoms with Crippen molar-refractivity contribution in [1.29, 1.82) is 0 Å². The summed E-state index contributed by atoms with van der Waals surface area (Å²) in [5.74, 6) is 1.91. The molecule has 2 amide bonds. The van der Waals surface area contributed by atoms with E-state index in [1.54, 1.807) is 0 Å². The summed E-state index contributed by atoms with van der Waals surface area (Å²) >= 11 is 0. The minimum absolute atomic E-state index is 0.0570. The normalized spacial score (nSPS) is 19.5. The number of aromatic nitrogens is 3. The summed E-state index contributed by atoms with van der Waals surface area (Å²) in [4.78, 5) is 14.6. The monoisotopic (exact) mass is 325 g/mol. The van der Waals surface area contributed by atoms with Crippen LogP contribution in [0.1, 0.15) is 43.4 Å². The maximum absolute atomic E-state index is 12.7. The third kappa shape index (κ3) is 2.66. The van der Waals surface area contributed by atoms with Crippen LogP contribution in [0.25, 0.3) is 0 Å². The number of amides is 2. The molecule has 0 aliphatic carbocycles. The van der Waals surface area contributed by atoms with Gasteiger partial charge in [0.15, 0.2) is 5.82 Å². The van der Waals surface area contributed by atoms with E-state index in [1.807, 2.05) is 23.1 Å². The van der Waals surface area contributed by atoms with Crippen molar-refractivity contribution >= 4 is 11.7 Å². The molecule has 1 atom stereocenters. The summed E-state index contributed by atoms with van der Waals surface area (Å²) < 4.78 is 2.18. The molecule has 0 saturated carbocycles. The van der Waals surface area contributed by atoms with Crippen LogP contribution in [-0.4, -0.2) is 26.8 Å². The molecule has 3 heterocycles. The van der Waals surface area contributed by atoms with Crippen molar-refractivity contribution in [2.75, 3.05) is 4.90 Å². The Kier molecular flexibility index (Phi) is 3.96. The Bertz CT molecular complexity index is 754. The van der Waals surface area contributed by atoms with Gasteiger partial charge in [0.05, 0.1) is 6.54 Å². The van der Waals surface area contributed by atoms with Gasteiger partial charge in [0, 0.05) is 24.7 Å². The third-order valence-electron chi connectivity index (χ3n) is 5.01. The first kappa shape index (κ1) is 15.2. The number of nitrogens with one attached hydrogen (secondary N) is 1. The predicted molar refractivity (Wildman–Crippen MR) is 91.9 cm³/mol. The van der Waals surface area contributed by atoms with Crippen molar-refractivity contribution in [3.05, 3.63) is 41.5 Å². The largest absolute Gasteiger partial charge is 0.330 e. The summed E-state index contributed by atoms with van der Waals surface area (Å²) in [5, 5.41) is 11.6. The fourth-order valence-corrected chi connectivity index (χ4v) is 3.79. The molecule has 0 unspecified atom stereocenters. The summed E-state index contributed by atoms with van der Waals surface area (Å²) in [6.07, 6.45) is 5.45. The van der Waals surface area contributed by atoms with Crippen molar-refractivity contribution in [3.63, 3.8) is 0 Å². The second-order valence-corrected chi connectivity index (χ2v) is 6.71. The highest BCUT2D eigenvalue weighted by Gasteiger charge is 2.30. The minimum atomic E-state index is -0.0570. The molecule has 0 saturated heterocycles. The highest BCUT2D eigenvalue weighted by molar-refractivity contribution is 5.94. The van der Waals surface area contributed by atoms with Gasteiger partial charge in [-0.3, -0.25) is 4.90 Å². The molecular weight excluding hydrogens is 302 g/mol. The van der Waals surface area contributed by atoms with E-state index < -0.39 is 0 Å².